The Bertz CT molecular complexity index is 703. The molecule has 0 radical (unpaired) electrons. The molecule has 0 saturated heterocycles. The molecule has 0 fully saturated rings. The molecule has 0 spiro atoms. The number of hydrogen-bond donors (Lipinski definition) is 0. The molecule has 0 aliphatic carbocycles. The van der Waals surface area contributed by atoms with Crippen LogP contribution in [0, 0.1) is 0 Å². The molecule has 0 bridgehead atoms. The van der Waals surface area contributed by atoms with Crippen molar-refractivity contribution >= 4 is 11.9 Å². The number of ketones is 1. The van der Waals surface area contributed by atoms with Gasteiger partial charge >= 0.3 is 6.18 Å². The monoisotopic (exact) mass is 306 g/mol. The lowest BCUT2D eigenvalue weighted by atomic mass is 10.1. The normalized spacial score (nSPS) is 11.6. The average Bonchev–Trinajstić information content (AvgIpc) is 2.52. The Labute approximate surface area is 125 Å². The van der Waals surface area contributed by atoms with E-state index in [1.807, 2.05) is 0 Å². The van der Waals surface area contributed by atoms with Crippen LogP contribution in [-0.4, -0.2) is 12.9 Å². The zero-order valence-electron chi connectivity index (χ0n) is 11.7. The maximum atomic E-state index is 12.6. The topological polar surface area (TPSA) is 26.3 Å². The van der Waals surface area contributed by atoms with Gasteiger partial charge in [0.2, 0.25) is 0 Å². The quantitative estimate of drug-likeness (QED) is 0.609. The van der Waals surface area contributed by atoms with Gasteiger partial charge < -0.3 is 4.74 Å². The summed E-state index contributed by atoms with van der Waals surface area (Å²) >= 11 is 0. The fourth-order valence-electron chi connectivity index (χ4n) is 1.86. The molecule has 0 amide bonds. The second kappa shape index (κ2) is 6.47. The number of allylic oxidation sites excluding steroid dienone is 1. The standard InChI is InChI=1S/C17H13F3O2/c1-22-15-7-2-4-12(10-15)8-9-16(21)13-5-3-6-14(11-13)17(18,19)20/h2-11H,1H3. The molecule has 22 heavy (non-hydrogen) atoms. The predicted octanol–water partition coefficient (Wildman–Crippen LogP) is 4.61. The lowest BCUT2D eigenvalue weighted by Gasteiger charge is -2.07. The fraction of sp³-hybridized carbons (Fsp3) is 0.118. The lowest BCUT2D eigenvalue weighted by molar-refractivity contribution is -0.137. The Hall–Kier alpha value is -2.56. The second-order valence-electron chi connectivity index (χ2n) is 4.55. The van der Waals surface area contributed by atoms with Crippen LogP contribution in [0.5, 0.6) is 5.75 Å². The van der Waals surface area contributed by atoms with Gasteiger partial charge in [-0.15, -0.1) is 0 Å². The highest BCUT2D eigenvalue weighted by atomic mass is 19.4. The number of hydrogen-bond acceptors (Lipinski definition) is 2. The van der Waals surface area contributed by atoms with Crippen molar-refractivity contribution in [2.45, 2.75) is 6.18 Å². The SMILES string of the molecule is COc1cccc(C=CC(=O)c2cccc(C(F)(F)F)c2)c1. The Morgan fingerprint density at radius 2 is 1.82 bits per heavy atom. The van der Waals surface area contributed by atoms with Crippen molar-refractivity contribution in [1.82, 2.24) is 0 Å². The number of carbonyl (C=O) groups is 1. The van der Waals surface area contributed by atoms with E-state index in [0.717, 1.165) is 17.7 Å². The molecule has 0 saturated carbocycles. The van der Waals surface area contributed by atoms with Gasteiger partial charge in [-0.2, -0.15) is 13.2 Å². The van der Waals surface area contributed by atoms with E-state index in [0.29, 0.717) is 5.75 Å². The van der Waals surface area contributed by atoms with Gasteiger partial charge in [0.1, 0.15) is 5.75 Å². The molecule has 2 rings (SSSR count). The zero-order chi connectivity index (χ0) is 16.2. The van der Waals surface area contributed by atoms with Crippen molar-refractivity contribution in [1.29, 1.82) is 0 Å². The van der Waals surface area contributed by atoms with Crippen molar-refractivity contribution in [3.05, 3.63) is 71.3 Å². The van der Waals surface area contributed by atoms with Gasteiger partial charge in [0.05, 0.1) is 12.7 Å². The third kappa shape index (κ3) is 3.97. The fourth-order valence-corrected chi connectivity index (χ4v) is 1.86. The van der Waals surface area contributed by atoms with E-state index in [1.54, 1.807) is 24.3 Å². The summed E-state index contributed by atoms with van der Waals surface area (Å²) in [6, 6.07) is 11.3. The summed E-state index contributed by atoms with van der Waals surface area (Å²) in [7, 11) is 1.52. The molecule has 2 aromatic carbocycles. The van der Waals surface area contributed by atoms with Crippen LogP contribution in [0.4, 0.5) is 13.2 Å². The van der Waals surface area contributed by atoms with Crippen molar-refractivity contribution in [3.63, 3.8) is 0 Å². The minimum absolute atomic E-state index is 0.00558. The molecule has 0 N–H and O–H groups in total. The van der Waals surface area contributed by atoms with Gasteiger partial charge in [-0.1, -0.05) is 30.3 Å². The summed E-state index contributed by atoms with van der Waals surface area (Å²) in [6.45, 7) is 0. The third-order valence-corrected chi connectivity index (χ3v) is 3.00. The van der Waals surface area contributed by atoms with Gasteiger partial charge in [-0.05, 0) is 35.9 Å². The first-order valence-electron chi connectivity index (χ1n) is 6.44. The van der Waals surface area contributed by atoms with E-state index < -0.39 is 17.5 Å². The van der Waals surface area contributed by atoms with Gasteiger partial charge in [0.25, 0.3) is 0 Å². The van der Waals surface area contributed by atoms with Crippen LogP contribution in [0.2, 0.25) is 0 Å². The number of methoxy groups -OCH3 is 1. The van der Waals surface area contributed by atoms with Crippen LogP contribution in [0.25, 0.3) is 6.08 Å². The Kier molecular flexibility index (Phi) is 4.65. The van der Waals surface area contributed by atoms with Crippen molar-refractivity contribution in [3.8, 4) is 5.75 Å². The van der Waals surface area contributed by atoms with Crippen LogP contribution in [0.3, 0.4) is 0 Å². The Balaban J connectivity index is 2.20. The number of carbonyl (C=O) groups excluding carboxylic acids is 1. The van der Waals surface area contributed by atoms with Crippen LogP contribution in [-0.2, 0) is 6.18 Å². The Morgan fingerprint density at radius 1 is 1.09 bits per heavy atom. The van der Waals surface area contributed by atoms with Crippen LogP contribution >= 0.6 is 0 Å². The van der Waals surface area contributed by atoms with E-state index >= 15 is 0 Å². The predicted molar refractivity (Wildman–Crippen MR) is 77.8 cm³/mol. The van der Waals surface area contributed by atoms with Crippen LogP contribution in [0.1, 0.15) is 21.5 Å². The minimum Gasteiger partial charge on any atom is -0.497 e. The summed E-state index contributed by atoms with van der Waals surface area (Å²) in [5, 5.41) is 0. The molecule has 0 heterocycles. The molecule has 2 nitrogen and oxygen atoms in total. The van der Waals surface area contributed by atoms with Crippen LogP contribution in [0.15, 0.2) is 54.6 Å². The largest absolute Gasteiger partial charge is 0.497 e. The molecule has 0 aromatic heterocycles. The van der Waals surface area contributed by atoms with Gasteiger partial charge in [0.15, 0.2) is 5.78 Å². The van der Waals surface area contributed by atoms with Crippen LogP contribution < -0.4 is 4.74 Å². The summed E-state index contributed by atoms with van der Waals surface area (Å²) < 4.78 is 42.9. The van der Waals surface area contributed by atoms with E-state index in [1.165, 1.54) is 31.4 Å². The second-order valence-corrected chi connectivity index (χ2v) is 4.55. The first-order valence-corrected chi connectivity index (χ1v) is 6.44. The highest BCUT2D eigenvalue weighted by molar-refractivity contribution is 6.06. The highest BCUT2D eigenvalue weighted by Gasteiger charge is 2.30. The molecule has 0 aliphatic heterocycles. The summed E-state index contributed by atoms with van der Waals surface area (Å²) in [6.07, 6.45) is -1.69. The number of benzene rings is 2. The summed E-state index contributed by atoms with van der Waals surface area (Å²) in [5.41, 5.74) is -0.123. The zero-order valence-corrected chi connectivity index (χ0v) is 11.7. The van der Waals surface area contributed by atoms with E-state index in [-0.39, 0.29) is 5.56 Å². The molecular weight excluding hydrogens is 293 g/mol. The summed E-state index contributed by atoms with van der Waals surface area (Å²) in [4.78, 5) is 12.0. The van der Waals surface area contributed by atoms with Gasteiger partial charge in [-0.25, -0.2) is 0 Å². The van der Waals surface area contributed by atoms with Crippen molar-refractivity contribution in [2.24, 2.45) is 0 Å². The smallest absolute Gasteiger partial charge is 0.416 e. The minimum atomic E-state index is -4.47. The highest BCUT2D eigenvalue weighted by Crippen LogP contribution is 2.29. The maximum absolute atomic E-state index is 12.6. The summed E-state index contributed by atoms with van der Waals surface area (Å²) in [5.74, 6) is 0.141. The first-order chi connectivity index (χ1) is 10.4. The molecule has 2 aromatic rings. The first kappa shape index (κ1) is 15.8. The van der Waals surface area contributed by atoms with E-state index in [2.05, 4.69) is 0 Å². The number of rotatable bonds is 4. The van der Waals surface area contributed by atoms with E-state index in [9.17, 15) is 18.0 Å². The maximum Gasteiger partial charge on any atom is 0.416 e. The van der Waals surface area contributed by atoms with Crippen molar-refractivity contribution in [2.75, 3.05) is 7.11 Å². The molecule has 0 atom stereocenters. The molecule has 114 valence electrons. The Morgan fingerprint density at radius 3 is 2.50 bits per heavy atom. The van der Waals surface area contributed by atoms with E-state index in [4.69, 9.17) is 4.74 Å². The molecule has 0 unspecified atom stereocenters. The lowest BCUT2D eigenvalue weighted by Crippen LogP contribution is -2.06. The number of halogens is 3. The molecule has 0 aliphatic rings. The molecule has 5 heteroatoms. The molecular formula is C17H13F3O2. The number of alkyl halides is 3. The van der Waals surface area contributed by atoms with Gasteiger partial charge in [-0.3, -0.25) is 4.79 Å². The van der Waals surface area contributed by atoms with Gasteiger partial charge in [0, 0.05) is 5.56 Å². The average molecular weight is 306 g/mol. The van der Waals surface area contributed by atoms with Crippen molar-refractivity contribution < 1.29 is 22.7 Å². The number of ether oxygens (including phenoxy) is 1. The third-order valence-electron chi connectivity index (χ3n) is 3.00.